The highest BCUT2D eigenvalue weighted by Gasteiger charge is 2.52. The van der Waals surface area contributed by atoms with Gasteiger partial charge in [0.1, 0.15) is 5.54 Å². The van der Waals surface area contributed by atoms with Crippen molar-refractivity contribution in [3.05, 3.63) is 149 Å². The van der Waals surface area contributed by atoms with Gasteiger partial charge in [-0.1, -0.05) is 115 Å². The molecule has 4 rings (SSSR count). The monoisotopic (exact) mass is 726 g/mol. The van der Waals surface area contributed by atoms with Crippen LogP contribution in [0, 0.1) is 15.5 Å². The fourth-order valence-corrected chi connectivity index (χ4v) is 6.45. The van der Waals surface area contributed by atoms with Crippen molar-refractivity contribution in [1.82, 2.24) is 0 Å². The summed E-state index contributed by atoms with van der Waals surface area (Å²) < 4.78 is 3.08. The summed E-state index contributed by atoms with van der Waals surface area (Å²) in [6, 6.07) is 34.7. The Morgan fingerprint density at radius 1 is 0.600 bits per heavy atom. The molecule has 40 heavy (non-hydrogen) atoms. The standard InChI is InChI=1S/C33H33Br3N2O2/c34-29-12-6-25(7-13-29)18-21-32(22-19-26-8-14-30(35)15-9-26,23-20-27-10-16-31(36)17-11-27)33(37,24-38(39)40)28-4-2-1-3-5-28/h1-17H,18-24,37H2/t33-/m0/s1. The highest BCUT2D eigenvalue weighted by atomic mass is 79.9. The highest BCUT2D eigenvalue weighted by Crippen LogP contribution is 2.49. The Hall–Kier alpha value is -2.32. The molecule has 4 aromatic carbocycles. The zero-order valence-electron chi connectivity index (χ0n) is 22.2. The molecule has 0 unspecified atom stereocenters. The van der Waals surface area contributed by atoms with Crippen molar-refractivity contribution < 1.29 is 4.92 Å². The molecule has 0 spiro atoms. The van der Waals surface area contributed by atoms with E-state index >= 15 is 0 Å². The molecular formula is C33H33Br3N2O2. The van der Waals surface area contributed by atoms with E-state index in [-0.39, 0.29) is 11.5 Å². The van der Waals surface area contributed by atoms with Crippen molar-refractivity contribution in [2.24, 2.45) is 11.1 Å². The summed E-state index contributed by atoms with van der Waals surface area (Å²) in [5, 5.41) is 12.3. The zero-order chi connectivity index (χ0) is 28.6. The van der Waals surface area contributed by atoms with Crippen LogP contribution >= 0.6 is 47.8 Å². The molecule has 0 heterocycles. The lowest BCUT2D eigenvalue weighted by Crippen LogP contribution is -2.57. The molecule has 0 fully saturated rings. The summed E-state index contributed by atoms with van der Waals surface area (Å²) in [5.41, 5.74) is 10.1. The van der Waals surface area contributed by atoms with Crippen LogP contribution in [0.4, 0.5) is 0 Å². The minimum Gasteiger partial charge on any atom is -0.316 e. The topological polar surface area (TPSA) is 69.2 Å². The lowest BCUT2D eigenvalue weighted by molar-refractivity contribution is -0.496. The zero-order valence-corrected chi connectivity index (χ0v) is 27.0. The van der Waals surface area contributed by atoms with E-state index in [9.17, 15) is 10.1 Å². The summed E-state index contributed by atoms with van der Waals surface area (Å²) >= 11 is 10.6. The predicted molar refractivity (Wildman–Crippen MR) is 174 cm³/mol. The molecule has 2 N–H and O–H groups in total. The molecule has 0 aromatic heterocycles. The highest BCUT2D eigenvalue weighted by molar-refractivity contribution is 9.11. The maximum Gasteiger partial charge on any atom is 0.226 e. The van der Waals surface area contributed by atoms with Crippen molar-refractivity contribution in [1.29, 1.82) is 0 Å². The Morgan fingerprint density at radius 3 is 1.27 bits per heavy atom. The third kappa shape index (κ3) is 7.90. The SMILES string of the molecule is N[C@@](C[N+](=O)[O-])(c1ccccc1)C(CCc1ccc(Br)cc1)(CCc1ccc(Br)cc1)CCc1ccc(Br)cc1. The number of rotatable bonds is 13. The normalized spacial score (nSPS) is 13.1. The molecule has 0 amide bonds. The van der Waals surface area contributed by atoms with Crippen molar-refractivity contribution >= 4 is 47.8 Å². The average Bonchev–Trinajstić information content (AvgIpc) is 2.95. The van der Waals surface area contributed by atoms with Gasteiger partial charge in [-0.15, -0.1) is 0 Å². The average molecular weight is 729 g/mol. The van der Waals surface area contributed by atoms with E-state index in [1.54, 1.807) is 0 Å². The van der Waals surface area contributed by atoms with E-state index in [1.807, 2.05) is 66.7 Å². The van der Waals surface area contributed by atoms with Gasteiger partial charge in [0.15, 0.2) is 0 Å². The Balaban J connectivity index is 1.80. The van der Waals surface area contributed by atoms with Gasteiger partial charge in [-0.25, -0.2) is 0 Å². The summed E-state index contributed by atoms with van der Waals surface area (Å²) in [6.07, 6.45) is 4.50. The van der Waals surface area contributed by atoms with Gasteiger partial charge in [0.2, 0.25) is 6.54 Å². The second-order valence-corrected chi connectivity index (χ2v) is 13.2. The Labute approximate surface area is 261 Å². The van der Waals surface area contributed by atoms with Gasteiger partial charge in [-0.3, -0.25) is 10.1 Å². The van der Waals surface area contributed by atoms with E-state index in [4.69, 9.17) is 5.73 Å². The minimum atomic E-state index is -1.17. The first kappa shape index (κ1) is 30.6. The van der Waals surface area contributed by atoms with E-state index in [0.717, 1.165) is 57.5 Å². The second-order valence-electron chi connectivity index (χ2n) is 10.5. The number of hydrogen-bond acceptors (Lipinski definition) is 3. The quantitative estimate of drug-likeness (QED) is 0.110. The molecular weight excluding hydrogens is 696 g/mol. The second kappa shape index (κ2) is 14.0. The van der Waals surface area contributed by atoms with Gasteiger partial charge >= 0.3 is 0 Å². The van der Waals surface area contributed by atoms with Crippen molar-refractivity contribution in [3.8, 4) is 0 Å². The van der Waals surface area contributed by atoms with Crippen LogP contribution in [-0.4, -0.2) is 11.5 Å². The largest absolute Gasteiger partial charge is 0.316 e. The van der Waals surface area contributed by atoms with Crippen LogP contribution in [0.3, 0.4) is 0 Å². The first-order chi connectivity index (χ1) is 19.2. The Morgan fingerprint density at radius 2 is 0.950 bits per heavy atom. The van der Waals surface area contributed by atoms with E-state index in [1.165, 1.54) is 16.7 Å². The van der Waals surface area contributed by atoms with Gasteiger partial charge in [-0.05, 0) is 103 Å². The van der Waals surface area contributed by atoms with Crippen LogP contribution in [-0.2, 0) is 24.8 Å². The number of halogens is 3. The third-order valence-electron chi connectivity index (χ3n) is 8.03. The Kier molecular flexibility index (Phi) is 10.7. The predicted octanol–water partition coefficient (Wildman–Crippen LogP) is 9.29. The number of nitro groups is 1. The lowest BCUT2D eigenvalue weighted by atomic mass is 9.58. The first-order valence-electron chi connectivity index (χ1n) is 13.4. The fraction of sp³-hybridized carbons (Fsp3) is 0.273. The fourth-order valence-electron chi connectivity index (χ4n) is 5.65. The van der Waals surface area contributed by atoms with E-state index in [2.05, 4.69) is 84.2 Å². The molecule has 0 saturated heterocycles. The van der Waals surface area contributed by atoms with Gasteiger partial charge in [0.05, 0.1) is 0 Å². The summed E-state index contributed by atoms with van der Waals surface area (Å²) in [5.74, 6) is 0. The maximum atomic E-state index is 12.3. The van der Waals surface area contributed by atoms with Crippen LogP contribution in [0.1, 0.15) is 41.5 Å². The molecule has 0 radical (unpaired) electrons. The van der Waals surface area contributed by atoms with Crippen molar-refractivity contribution in [3.63, 3.8) is 0 Å². The molecule has 208 valence electrons. The molecule has 0 aliphatic heterocycles. The smallest absolute Gasteiger partial charge is 0.226 e. The van der Waals surface area contributed by atoms with Gasteiger partial charge in [-0.2, -0.15) is 0 Å². The Bertz CT molecular complexity index is 1260. The molecule has 4 aromatic rings. The van der Waals surface area contributed by atoms with E-state index < -0.39 is 11.0 Å². The summed E-state index contributed by atoms with van der Waals surface area (Å²) in [6.45, 7) is -0.335. The number of nitrogens with zero attached hydrogens (tertiary/aromatic N) is 1. The number of nitrogens with two attached hydrogens (primary N) is 1. The van der Waals surface area contributed by atoms with Crippen LogP contribution in [0.15, 0.2) is 117 Å². The van der Waals surface area contributed by atoms with Crippen LogP contribution in [0.2, 0.25) is 0 Å². The number of hydrogen-bond donors (Lipinski definition) is 1. The van der Waals surface area contributed by atoms with Gasteiger partial charge in [0.25, 0.3) is 0 Å². The number of benzene rings is 4. The number of aryl methyl sites for hydroxylation is 3. The van der Waals surface area contributed by atoms with Gasteiger partial charge in [0, 0.05) is 18.3 Å². The van der Waals surface area contributed by atoms with Crippen molar-refractivity contribution in [2.75, 3.05) is 6.54 Å². The molecule has 0 bridgehead atoms. The molecule has 4 nitrogen and oxygen atoms in total. The van der Waals surface area contributed by atoms with Crippen LogP contribution < -0.4 is 5.73 Å². The third-order valence-corrected chi connectivity index (χ3v) is 9.62. The molecule has 0 aliphatic rings. The lowest BCUT2D eigenvalue weighted by Gasteiger charge is -2.48. The van der Waals surface area contributed by atoms with E-state index in [0.29, 0.717) is 0 Å². The molecule has 7 heteroatoms. The van der Waals surface area contributed by atoms with Crippen LogP contribution in [0.25, 0.3) is 0 Å². The van der Waals surface area contributed by atoms with Crippen LogP contribution in [0.5, 0.6) is 0 Å². The van der Waals surface area contributed by atoms with Gasteiger partial charge < -0.3 is 5.73 Å². The molecule has 0 saturated carbocycles. The summed E-state index contributed by atoms with van der Waals surface area (Å²) in [7, 11) is 0. The molecule has 1 atom stereocenters. The molecule has 0 aliphatic carbocycles. The summed E-state index contributed by atoms with van der Waals surface area (Å²) in [4.78, 5) is 12.0. The maximum absolute atomic E-state index is 12.3. The van der Waals surface area contributed by atoms with Crippen molar-refractivity contribution in [2.45, 2.75) is 44.1 Å². The minimum absolute atomic E-state index is 0.235. The first-order valence-corrected chi connectivity index (χ1v) is 15.8.